The fourth-order valence-electron chi connectivity index (χ4n) is 3.62. The first kappa shape index (κ1) is 25.1. The van der Waals surface area contributed by atoms with Crippen LogP contribution in [0.3, 0.4) is 0 Å². The summed E-state index contributed by atoms with van der Waals surface area (Å²) in [7, 11) is 1.27. The molecule has 3 atom stereocenters. The van der Waals surface area contributed by atoms with E-state index in [0.717, 1.165) is 11.3 Å². The lowest BCUT2D eigenvalue weighted by Gasteiger charge is -2.48. The van der Waals surface area contributed by atoms with Gasteiger partial charge < -0.3 is 29.7 Å². The molecule has 4 rings (SSSR count). The van der Waals surface area contributed by atoms with Crippen LogP contribution in [0.1, 0.15) is 19.5 Å². The van der Waals surface area contributed by atoms with Gasteiger partial charge in [0.15, 0.2) is 16.6 Å². The molecule has 2 saturated heterocycles. The van der Waals surface area contributed by atoms with Gasteiger partial charge in [0.05, 0.1) is 6.61 Å². The van der Waals surface area contributed by atoms with Crippen LogP contribution in [-0.4, -0.2) is 89.2 Å². The van der Waals surface area contributed by atoms with Crippen LogP contribution in [0, 0.1) is 0 Å². The molecule has 0 radical (unpaired) electrons. The number of carbonyl (C=O) groups excluding carboxylic acids is 4. The monoisotopic (exact) mass is 525 g/mol. The normalized spacial score (nSPS) is 25.2. The molecule has 4 heterocycles. The summed E-state index contributed by atoms with van der Waals surface area (Å²) in [6.45, 7) is 3.83. The van der Waals surface area contributed by atoms with Crippen LogP contribution in [0.5, 0.6) is 0 Å². The number of thiazole rings is 1. The maximum Gasteiger partial charge on any atom is 0.354 e. The molecule has 35 heavy (non-hydrogen) atoms. The molecule has 13 nitrogen and oxygen atoms in total. The first-order valence-electron chi connectivity index (χ1n) is 10.5. The topological polar surface area (TPSA) is 158 Å². The summed E-state index contributed by atoms with van der Waals surface area (Å²) < 4.78 is 16.4. The summed E-state index contributed by atoms with van der Waals surface area (Å²) in [6, 6.07) is -0.885. The number of rotatable bonds is 9. The van der Waals surface area contributed by atoms with Crippen molar-refractivity contribution >= 4 is 58.1 Å². The van der Waals surface area contributed by atoms with Gasteiger partial charge >= 0.3 is 5.97 Å². The number of thioether (sulfide) groups is 1. The first-order chi connectivity index (χ1) is 16.7. The van der Waals surface area contributed by atoms with Crippen LogP contribution in [0.2, 0.25) is 0 Å². The van der Waals surface area contributed by atoms with Crippen molar-refractivity contribution in [1.29, 1.82) is 0 Å². The van der Waals surface area contributed by atoms with Gasteiger partial charge in [0, 0.05) is 11.1 Å². The van der Waals surface area contributed by atoms with Crippen LogP contribution >= 0.6 is 23.1 Å². The van der Waals surface area contributed by atoms with E-state index >= 15 is 0 Å². The number of oxime groups is 1. The summed E-state index contributed by atoms with van der Waals surface area (Å²) in [6.07, 6.45) is 1.68. The van der Waals surface area contributed by atoms with Crippen molar-refractivity contribution in [2.24, 2.45) is 5.16 Å². The summed E-state index contributed by atoms with van der Waals surface area (Å²) in [5, 5.41) is 10.0. The third-order valence-corrected chi connectivity index (χ3v) is 7.09. The maximum absolute atomic E-state index is 12.9. The molecule has 0 aromatic carbocycles. The minimum Gasteiger partial charge on any atom is -0.458 e. The Balaban J connectivity index is 1.37. The van der Waals surface area contributed by atoms with E-state index in [4.69, 9.17) is 19.0 Å². The number of hydrogen-bond donors (Lipinski definition) is 2. The number of β-lactam (4-membered cyclic amide) rings is 1. The Morgan fingerprint density at radius 3 is 2.91 bits per heavy atom. The van der Waals surface area contributed by atoms with Crippen molar-refractivity contribution in [2.45, 2.75) is 37.2 Å². The number of esters is 1. The molecule has 0 spiro atoms. The van der Waals surface area contributed by atoms with Gasteiger partial charge in [-0.1, -0.05) is 5.16 Å². The van der Waals surface area contributed by atoms with Crippen LogP contribution < -0.4 is 10.6 Å². The third-order valence-electron chi connectivity index (χ3n) is 5.14. The van der Waals surface area contributed by atoms with E-state index in [9.17, 15) is 19.2 Å². The molecule has 3 aliphatic heterocycles. The van der Waals surface area contributed by atoms with Gasteiger partial charge in [0.2, 0.25) is 6.41 Å². The van der Waals surface area contributed by atoms with E-state index < -0.39 is 41.1 Å². The lowest BCUT2D eigenvalue weighted by molar-refractivity contribution is -0.160. The second-order valence-corrected chi connectivity index (χ2v) is 9.95. The van der Waals surface area contributed by atoms with Gasteiger partial charge in [-0.3, -0.25) is 19.3 Å². The Morgan fingerprint density at radius 2 is 2.23 bits per heavy atom. The first-order valence-corrected chi connectivity index (χ1v) is 12.4. The minimum atomic E-state index is -0.885. The molecule has 1 aromatic rings. The fraction of sp³-hybridized carbons (Fsp3) is 0.500. The standard InChI is InChI=1S/C20H23N5O8S2/c1-20(2)32-7-10(33-20)6-31-18(29)12-4-5-34-17-14(16(28)25(12)17)23-15(27)13(24-30-3)11-8-35-19(22-11)21-9-26/h4,8-10,14,17H,5-7H2,1-3H3,(H,23,27)(H,21,22,26)/t10?,14?,17-/m0/s1. The lowest BCUT2D eigenvalue weighted by atomic mass is 10.0. The predicted octanol–water partition coefficient (Wildman–Crippen LogP) is 0.0404. The number of aromatic nitrogens is 1. The van der Waals surface area contributed by atoms with Crippen molar-refractivity contribution in [3.63, 3.8) is 0 Å². The number of nitrogens with one attached hydrogen (secondary N) is 2. The molecule has 0 saturated carbocycles. The van der Waals surface area contributed by atoms with E-state index in [2.05, 4.69) is 20.8 Å². The largest absolute Gasteiger partial charge is 0.458 e. The van der Waals surface area contributed by atoms with Crippen LogP contribution in [0.4, 0.5) is 5.13 Å². The number of ether oxygens (including phenoxy) is 3. The molecule has 0 bridgehead atoms. The third kappa shape index (κ3) is 5.32. The molecule has 2 N–H and O–H groups in total. The highest BCUT2D eigenvalue weighted by atomic mass is 32.2. The SMILES string of the molecule is CON=C(C(=O)NC1C(=O)N2C(C(=O)OCC3COC(C)(C)O3)=CCS[C@@H]12)c1csc(NC=O)n1. The summed E-state index contributed by atoms with van der Waals surface area (Å²) >= 11 is 2.49. The molecule has 3 aliphatic rings. The average Bonchev–Trinajstić information content (AvgIpc) is 3.44. The van der Waals surface area contributed by atoms with Gasteiger partial charge in [-0.05, 0) is 19.9 Å². The molecule has 3 amide bonds. The number of amides is 3. The van der Waals surface area contributed by atoms with E-state index in [1.807, 2.05) is 0 Å². The van der Waals surface area contributed by atoms with Crippen molar-refractivity contribution in [3.05, 3.63) is 22.8 Å². The highest BCUT2D eigenvalue weighted by Gasteiger charge is 2.53. The molecule has 1 aromatic heterocycles. The van der Waals surface area contributed by atoms with Crippen molar-refractivity contribution < 1.29 is 38.2 Å². The van der Waals surface area contributed by atoms with E-state index in [-0.39, 0.29) is 28.8 Å². The Labute approximate surface area is 208 Å². The average molecular weight is 526 g/mol. The van der Waals surface area contributed by atoms with E-state index in [1.165, 1.54) is 29.2 Å². The molecule has 2 unspecified atom stereocenters. The second kappa shape index (κ2) is 10.3. The molecular weight excluding hydrogens is 502 g/mol. The van der Waals surface area contributed by atoms with Crippen LogP contribution in [0.25, 0.3) is 0 Å². The van der Waals surface area contributed by atoms with Gasteiger partial charge in [-0.2, -0.15) is 0 Å². The zero-order chi connectivity index (χ0) is 25.2. The van der Waals surface area contributed by atoms with Crippen molar-refractivity contribution in [3.8, 4) is 0 Å². The smallest absolute Gasteiger partial charge is 0.354 e. The highest BCUT2D eigenvalue weighted by Crippen LogP contribution is 2.38. The quantitative estimate of drug-likeness (QED) is 0.148. The van der Waals surface area contributed by atoms with Crippen molar-refractivity contribution in [2.75, 3.05) is 31.4 Å². The van der Waals surface area contributed by atoms with Gasteiger partial charge in [-0.25, -0.2) is 9.78 Å². The molecular formula is C20H23N5O8S2. The molecule has 0 aliphatic carbocycles. The van der Waals surface area contributed by atoms with Gasteiger partial charge in [0.25, 0.3) is 11.8 Å². The van der Waals surface area contributed by atoms with Gasteiger partial charge in [-0.15, -0.1) is 23.1 Å². The number of hydrogen-bond acceptors (Lipinski definition) is 12. The number of nitrogens with zero attached hydrogens (tertiary/aromatic N) is 3. The Morgan fingerprint density at radius 1 is 1.43 bits per heavy atom. The second-order valence-electron chi connectivity index (χ2n) is 7.94. The number of anilines is 1. The maximum atomic E-state index is 12.9. The lowest BCUT2D eigenvalue weighted by Crippen LogP contribution is -2.70. The van der Waals surface area contributed by atoms with Crippen LogP contribution in [0.15, 0.2) is 22.3 Å². The Hall–Kier alpha value is -3.01. The molecule has 2 fully saturated rings. The zero-order valence-corrected chi connectivity index (χ0v) is 20.6. The molecule has 15 heteroatoms. The zero-order valence-electron chi connectivity index (χ0n) is 19.0. The van der Waals surface area contributed by atoms with E-state index in [1.54, 1.807) is 19.9 Å². The summed E-state index contributed by atoms with van der Waals surface area (Å²) in [4.78, 5) is 59.2. The Bertz CT molecular complexity index is 1090. The predicted molar refractivity (Wildman–Crippen MR) is 124 cm³/mol. The Kier molecular flexibility index (Phi) is 7.39. The minimum absolute atomic E-state index is 0.00889. The molecule has 188 valence electrons. The highest BCUT2D eigenvalue weighted by molar-refractivity contribution is 8.00. The number of carbonyl (C=O) groups is 4. The summed E-state index contributed by atoms with van der Waals surface area (Å²) in [5.74, 6) is -2.09. The number of fused-ring (bicyclic) bond motifs is 1. The van der Waals surface area contributed by atoms with Crippen LogP contribution in [-0.2, 0) is 38.2 Å². The van der Waals surface area contributed by atoms with E-state index in [0.29, 0.717) is 18.8 Å². The summed E-state index contributed by atoms with van der Waals surface area (Å²) in [5.41, 5.74) is 0.132. The van der Waals surface area contributed by atoms with Gasteiger partial charge in [0.1, 0.15) is 42.6 Å². The fourth-order valence-corrected chi connectivity index (χ4v) is 5.47. The van der Waals surface area contributed by atoms with Crippen molar-refractivity contribution in [1.82, 2.24) is 15.2 Å².